The Morgan fingerprint density at radius 1 is 0.850 bits per heavy atom. The van der Waals surface area contributed by atoms with Gasteiger partial charge < -0.3 is 0 Å². The van der Waals surface area contributed by atoms with E-state index in [0.29, 0.717) is 0 Å². The van der Waals surface area contributed by atoms with Crippen LogP contribution in [0.4, 0.5) is 0 Å². The molecule has 0 amide bonds. The third kappa shape index (κ3) is 2.27. The zero-order valence-corrected chi connectivity index (χ0v) is 11.9. The average molecular weight is 261 g/mol. The van der Waals surface area contributed by atoms with Crippen LogP contribution >= 0.6 is 0 Å². The number of benzene rings is 2. The van der Waals surface area contributed by atoms with Crippen molar-refractivity contribution in [2.24, 2.45) is 14.1 Å². The molecule has 99 valence electrons. The molecule has 0 fully saturated rings. The monoisotopic (exact) mass is 261 g/mol. The molecular weight excluding hydrogens is 243 g/mol. The van der Waals surface area contributed by atoms with E-state index >= 15 is 0 Å². The molecule has 20 heavy (non-hydrogen) atoms. The predicted molar refractivity (Wildman–Crippen MR) is 84.1 cm³/mol. The van der Waals surface area contributed by atoms with Crippen molar-refractivity contribution in [3.05, 3.63) is 73.1 Å². The summed E-state index contributed by atoms with van der Waals surface area (Å²) in [5, 5.41) is 0. The van der Waals surface area contributed by atoms with Gasteiger partial charge in [0.15, 0.2) is 0 Å². The molecule has 0 aliphatic rings. The van der Waals surface area contributed by atoms with Gasteiger partial charge in [0.05, 0.1) is 20.8 Å². The number of aryl methyl sites for hydroxylation is 2. The second-order valence-electron chi connectivity index (χ2n) is 5.13. The smallest absolute Gasteiger partial charge is 0.126 e. The van der Waals surface area contributed by atoms with E-state index in [1.165, 1.54) is 16.6 Å². The van der Waals surface area contributed by atoms with E-state index < -0.39 is 0 Å². The Morgan fingerprint density at radius 2 is 1.35 bits per heavy atom. The molecule has 0 bridgehead atoms. The molecule has 2 nitrogen and oxygen atoms in total. The van der Waals surface area contributed by atoms with Gasteiger partial charge in [-0.05, 0) is 0 Å². The summed E-state index contributed by atoms with van der Waals surface area (Å²) in [6.45, 7) is 0.252. The maximum absolute atomic E-state index is 2.20. The molecule has 3 aromatic rings. The molecule has 2 aromatic carbocycles. The SMILES string of the molecule is Cn1cc[n+](C)c1[B-](c1ccccc1)c1ccccc1. The van der Waals surface area contributed by atoms with Crippen molar-refractivity contribution in [3.8, 4) is 0 Å². The van der Waals surface area contributed by atoms with Crippen LogP contribution in [0.2, 0.25) is 0 Å². The maximum Gasteiger partial charge on any atom is 0.126 e. The highest BCUT2D eigenvalue weighted by Crippen LogP contribution is 1.93. The number of nitrogens with zero attached hydrogens (tertiary/aromatic N) is 2. The number of hydrogen-bond donors (Lipinski definition) is 0. The molecule has 0 N–H and O–H groups in total. The van der Waals surface area contributed by atoms with Crippen molar-refractivity contribution in [1.82, 2.24) is 4.57 Å². The minimum atomic E-state index is 0.252. The third-order valence-electron chi connectivity index (χ3n) is 3.76. The van der Waals surface area contributed by atoms with Crippen LogP contribution in [0.3, 0.4) is 0 Å². The Morgan fingerprint density at radius 3 is 1.75 bits per heavy atom. The molecule has 1 heterocycles. The van der Waals surface area contributed by atoms with Crippen LogP contribution in [0, 0.1) is 0 Å². The predicted octanol–water partition coefficient (Wildman–Crippen LogP) is 0.366. The van der Waals surface area contributed by atoms with Crippen molar-refractivity contribution in [2.75, 3.05) is 0 Å². The summed E-state index contributed by atoms with van der Waals surface area (Å²) in [7, 11) is 4.21. The first-order valence-corrected chi connectivity index (χ1v) is 6.88. The quantitative estimate of drug-likeness (QED) is 0.475. The van der Waals surface area contributed by atoms with Crippen molar-refractivity contribution >= 4 is 23.4 Å². The fourth-order valence-corrected chi connectivity index (χ4v) is 2.79. The number of imidazole rings is 1. The lowest BCUT2D eigenvalue weighted by molar-refractivity contribution is -0.653. The summed E-state index contributed by atoms with van der Waals surface area (Å²) in [6, 6.07) is 21.3. The fourth-order valence-electron chi connectivity index (χ4n) is 2.79. The van der Waals surface area contributed by atoms with Crippen LogP contribution in [0.15, 0.2) is 73.1 Å². The number of aromatic nitrogens is 2. The van der Waals surface area contributed by atoms with Gasteiger partial charge in [0, 0.05) is 5.72 Å². The zero-order chi connectivity index (χ0) is 13.9. The van der Waals surface area contributed by atoms with E-state index in [2.05, 4.69) is 96.3 Å². The lowest BCUT2D eigenvalue weighted by Gasteiger charge is -2.26. The molecule has 0 atom stereocenters. The Balaban J connectivity index is 2.20. The molecule has 0 saturated carbocycles. The van der Waals surface area contributed by atoms with Crippen LogP contribution in [0.25, 0.3) is 0 Å². The van der Waals surface area contributed by atoms with E-state index in [0.717, 1.165) is 0 Å². The van der Waals surface area contributed by atoms with Crippen molar-refractivity contribution in [3.63, 3.8) is 0 Å². The van der Waals surface area contributed by atoms with E-state index in [1.54, 1.807) is 0 Å². The first kappa shape index (κ1) is 12.7. The topological polar surface area (TPSA) is 8.81 Å². The highest BCUT2D eigenvalue weighted by atomic mass is 15.1. The van der Waals surface area contributed by atoms with Crippen molar-refractivity contribution in [1.29, 1.82) is 0 Å². The first-order chi connectivity index (χ1) is 9.77. The summed E-state index contributed by atoms with van der Waals surface area (Å²) < 4.78 is 4.40. The minimum Gasteiger partial charge on any atom is -0.276 e. The second kappa shape index (κ2) is 5.37. The lowest BCUT2D eigenvalue weighted by atomic mass is 9.39. The largest absolute Gasteiger partial charge is 0.276 e. The zero-order valence-electron chi connectivity index (χ0n) is 11.9. The number of hydrogen-bond acceptors (Lipinski definition) is 0. The summed E-state index contributed by atoms with van der Waals surface area (Å²) in [5.41, 5.74) is 3.91. The summed E-state index contributed by atoms with van der Waals surface area (Å²) in [5.74, 6) is 0. The van der Waals surface area contributed by atoms with E-state index in [1.807, 2.05) is 0 Å². The van der Waals surface area contributed by atoms with E-state index in [9.17, 15) is 0 Å². The molecule has 0 unspecified atom stereocenters. The molecule has 1 radical (unpaired) electrons. The van der Waals surface area contributed by atoms with Gasteiger partial charge in [-0.3, -0.25) is 9.13 Å². The van der Waals surface area contributed by atoms with E-state index in [-0.39, 0.29) is 6.71 Å². The highest BCUT2D eigenvalue weighted by Gasteiger charge is 2.16. The molecule has 0 saturated heterocycles. The van der Waals surface area contributed by atoms with Crippen molar-refractivity contribution in [2.45, 2.75) is 0 Å². The van der Waals surface area contributed by atoms with Crippen LogP contribution in [0.1, 0.15) is 0 Å². The molecule has 0 spiro atoms. The fraction of sp³-hybridized carbons (Fsp3) is 0.118. The summed E-state index contributed by atoms with van der Waals surface area (Å²) in [4.78, 5) is 0. The average Bonchev–Trinajstić information content (AvgIpc) is 2.82. The van der Waals surface area contributed by atoms with Gasteiger partial charge in [-0.25, -0.2) is 10.9 Å². The van der Waals surface area contributed by atoms with E-state index in [4.69, 9.17) is 0 Å². The van der Waals surface area contributed by atoms with Gasteiger partial charge in [-0.2, -0.15) is 0 Å². The van der Waals surface area contributed by atoms with Gasteiger partial charge in [0.2, 0.25) is 0 Å². The normalized spacial score (nSPS) is 10.9. The van der Waals surface area contributed by atoms with Crippen LogP contribution in [-0.2, 0) is 14.1 Å². The standard InChI is InChI=1S/C17H18BN2/c1-19-13-14-20(2)17(19)18(15-9-5-3-6-10-15)16-11-7-4-8-12-16/h3-14H,1-2H3. The van der Waals surface area contributed by atoms with Gasteiger partial charge in [-0.1, -0.05) is 60.7 Å². The van der Waals surface area contributed by atoms with Crippen LogP contribution < -0.4 is 21.2 Å². The highest BCUT2D eigenvalue weighted by molar-refractivity contribution is 6.94. The van der Waals surface area contributed by atoms with Gasteiger partial charge >= 0.3 is 0 Å². The Hall–Kier alpha value is -2.29. The molecule has 0 aliphatic heterocycles. The summed E-state index contributed by atoms with van der Waals surface area (Å²) >= 11 is 0. The molecule has 0 aliphatic carbocycles. The van der Waals surface area contributed by atoms with Gasteiger partial charge in [0.1, 0.15) is 12.4 Å². The molecule has 3 rings (SSSR count). The third-order valence-corrected chi connectivity index (χ3v) is 3.76. The summed E-state index contributed by atoms with van der Waals surface area (Å²) in [6.07, 6.45) is 4.21. The molecular formula is C17H18BN2. The van der Waals surface area contributed by atoms with Crippen molar-refractivity contribution < 1.29 is 4.57 Å². The molecule has 1 aromatic heterocycles. The van der Waals surface area contributed by atoms with Crippen LogP contribution in [-0.4, -0.2) is 11.3 Å². The Kier molecular flexibility index (Phi) is 3.42. The van der Waals surface area contributed by atoms with Gasteiger partial charge in [-0.15, -0.1) is 0 Å². The lowest BCUT2D eigenvalue weighted by Crippen LogP contribution is -2.65. The number of rotatable bonds is 3. The minimum absolute atomic E-state index is 0.252. The molecule has 3 heteroatoms. The Labute approximate surface area is 120 Å². The van der Waals surface area contributed by atoms with Gasteiger partial charge in [0.25, 0.3) is 0 Å². The second-order valence-corrected chi connectivity index (χ2v) is 5.13. The Bertz CT molecular complexity index is 631. The maximum atomic E-state index is 2.20. The van der Waals surface area contributed by atoms with Crippen LogP contribution in [0.5, 0.6) is 0 Å². The first-order valence-electron chi connectivity index (χ1n) is 6.88.